The summed E-state index contributed by atoms with van der Waals surface area (Å²) in [7, 11) is 7.47. The molecule has 1 saturated carbocycles. The molecule has 488 valence electrons. The van der Waals surface area contributed by atoms with Crippen LogP contribution in [0.2, 0.25) is 5.02 Å². The first kappa shape index (κ1) is 66.5. The molecule has 0 unspecified atom stereocenters. The van der Waals surface area contributed by atoms with Gasteiger partial charge in [0, 0.05) is 99.8 Å². The van der Waals surface area contributed by atoms with E-state index in [0.717, 1.165) is 110 Å². The number of carbonyl (C=O) groups is 3. The third kappa shape index (κ3) is 16.8. The van der Waals surface area contributed by atoms with Crippen molar-refractivity contribution in [3.8, 4) is 17.8 Å². The number of anilines is 6. The number of nitriles is 1. The van der Waals surface area contributed by atoms with Crippen molar-refractivity contribution < 1.29 is 42.8 Å². The van der Waals surface area contributed by atoms with Crippen molar-refractivity contribution >= 4 is 74.7 Å². The minimum absolute atomic E-state index is 0.0595. The second-order valence-corrected chi connectivity index (χ2v) is 24.4. The fourth-order valence-electron chi connectivity index (χ4n) is 13.0. The van der Waals surface area contributed by atoms with Crippen molar-refractivity contribution in [2.24, 2.45) is 0 Å². The summed E-state index contributed by atoms with van der Waals surface area (Å²) < 4.78 is 34.9. The number of likely N-dealkylation sites (tertiary alicyclic amines) is 1. The number of nitrogens with one attached hydrogen (secondary N) is 2. The van der Waals surface area contributed by atoms with Crippen LogP contribution in [0, 0.1) is 11.3 Å². The van der Waals surface area contributed by atoms with Crippen LogP contribution in [0.5, 0.6) is 11.8 Å². The van der Waals surface area contributed by atoms with Crippen LogP contribution in [0.4, 0.5) is 34.6 Å². The Hall–Kier alpha value is -7.43. The maximum Gasteiger partial charge on any atom is 0.318 e. The smallest absolute Gasteiger partial charge is 0.318 e. The van der Waals surface area contributed by atoms with E-state index in [9.17, 15) is 19.6 Å². The summed E-state index contributed by atoms with van der Waals surface area (Å²) in [5.74, 6) is 2.09. The van der Waals surface area contributed by atoms with Gasteiger partial charge in [0.2, 0.25) is 17.8 Å². The number of hydrogen-bond acceptors (Lipinski definition) is 20. The summed E-state index contributed by atoms with van der Waals surface area (Å²) in [6.45, 7) is 11.5. The van der Waals surface area contributed by atoms with Crippen LogP contribution in [-0.2, 0) is 41.5 Å². The number of benzene rings is 3. The number of amides is 3. The summed E-state index contributed by atoms with van der Waals surface area (Å²) in [6, 6.07) is 20.1. The molecule has 2 aromatic heterocycles. The number of aromatic nitrogens is 4. The predicted molar refractivity (Wildman–Crippen MR) is 352 cm³/mol. The highest BCUT2D eigenvalue weighted by molar-refractivity contribution is 6.36. The molecule has 0 spiro atoms. The van der Waals surface area contributed by atoms with Crippen molar-refractivity contribution in [2.75, 3.05) is 165 Å². The zero-order valence-corrected chi connectivity index (χ0v) is 54.2. The summed E-state index contributed by atoms with van der Waals surface area (Å²) >= 11 is 6.80. The normalized spacial score (nSPS) is 18.8. The van der Waals surface area contributed by atoms with Crippen LogP contribution < -0.4 is 39.7 Å². The minimum atomic E-state index is -0.317. The summed E-state index contributed by atoms with van der Waals surface area (Å²) in [5.41, 5.74) is 4.78. The lowest BCUT2D eigenvalue weighted by molar-refractivity contribution is -0.128. The second kappa shape index (κ2) is 32.7. The molecular weight excluding hydrogens is 1180 g/mol. The lowest BCUT2D eigenvalue weighted by Crippen LogP contribution is -2.55. The lowest BCUT2D eigenvalue weighted by Gasteiger charge is -2.43. The number of fused-ring (bicyclic) bond motifs is 3. The zero-order valence-electron chi connectivity index (χ0n) is 53.5. The third-order valence-corrected chi connectivity index (χ3v) is 18.3. The first-order chi connectivity index (χ1) is 44.4. The van der Waals surface area contributed by atoms with Gasteiger partial charge in [-0.3, -0.25) is 14.4 Å². The molecule has 5 aliphatic rings. The Morgan fingerprint density at radius 3 is 2.34 bits per heavy atom. The van der Waals surface area contributed by atoms with E-state index in [-0.39, 0.29) is 42.3 Å². The fraction of sp³-hybridized carbons (Fsp3) is 0.552. The maximum atomic E-state index is 13.8. The molecule has 1 aliphatic carbocycles. The molecule has 0 bridgehead atoms. The van der Waals surface area contributed by atoms with E-state index in [1.54, 1.807) is 49.5 Å². The van der Waals surface area contributed by atoms with Gasteiger partial charge in [-0.25, -0.2) is 4.98 Å². The highest BCUT2D eigenvalue weighted by Gasteiger charge is 2.42. The lowest BCUT2D eigenvalue weighted by atomic mass is 10.0. The third-order valence-electron chi connectivity index (χ3n) is 17.9. The molecule has 0 radical (unpaired) electrons. The summed E-state index contributed by atoms with van der Waals surface area (Å²) in [4.78, 5) is 74.5. The summed E-state index contributed by atoms with van der Waals surface area (Å²) in [5, 5.41) is 19.0. The maximum absolute atomic E-state index is 13.8. The highest BCUT2D eigenvalue weighted by atomic mass is 35.5. The average Bonchev–Trinajstić information content (AvgIpc) is 1.28. The Labute approximate surface area is 539 Å². The van der Waals surface area contributed by atoms with Crippen molar-refractivity contribution in [1.82, 2.24) is 40.0 Å². The number of carbonyl (C=O) groups excluding carboxylic acids is 3. The molecule has 2 N–H and O–H groups in total. The topological polar surface area (TPSA) is 229 Å². The van der Waals surface area contributed by atoms with Crippen LogP contribution in [0.25, 0.3) is 10.8 Å². The van der Waals surface area contributed by atoms with Crippen LogP contribution in [0.15, 0.2) is 72.9 Å². The second-order valence-electron chi connectivity index (χ2n) is 24.0. The Bertz CT molecular complexity index is 3340. The minimum Gasteiger partial charge on any atom is -0.495 e. The molecular formula is C67H89ClN14O9. The number of likely N-dealkylation sites (N-methyl/N-ethyl adjacent to an activating group) is 3. The van der Waals surface area contributed by atoms with Crippen LogP contribution >= 0.6 is 11.6 Å². The number of hydrogen-bond donors (Lipinski definition) is 2. The highest BCUT2D eigenvalue weighted by Crippen LogP contribution is 2.42. The van der Waals surface area contributed by atoms with Crippen LogP contribution in [-0.4, -0.2) is 217 Å². The van der Waals surface area contributed by atoms with Crippen molar-refractivity contribution in [3.05, 3.63) is 94.8 Å². The molecule has 3 amide bonds. The molecule has 23 nitrogen and oxygen atoms in total. The molecule has 24 heteroatoms. The van der Waals surface area contributed by atoms with E-state index < -0.39 is 0 Å². The van der Waals surface area contributed by atoms with E-state index >= 15 is 0 Å². The van der Waals surface area contributed by atoms with Crippen molar-refractivity contribution in [1.29, 1.82) is 5.26 Å². The van der Waals surface area contributed by atoms with Gasteiger partial charge in [-0.15, -0.1) is 0 Å². The standard InChI is InChI=1S/C67H89ClN14O9/c1-6-56-65(85)78(4)58-43-71-66(74-63(58)82(56)49-16-7-8-17-49)72-54-23-22-48(42-59(54)86-5)64(84)70-27-35-88-37-39-90-41-40-89-38-36-87-34-13-29-76(2)28-12-21-60(83)81-33-32-80(44-50(81)24-26-69)62-52-25-31-79(57-20-10-15-47-14-9-19-53(68)61(47)57)45-55(52)73-67(75-62)91-46-51-18-11-30-77(51)3/h9-10,12,14-15,19-23,42-43,49-51,56H,6-8,11,13,16-18,24-25,27-41,44-46H2,1-5H3,(H,70,84)(H,71,72,74)/b21-12+/t50-,51-,56+/m0/s1. The first-order valence-corrected chi connectivity index (χ1v) is 32.7. The van der Waals surface area contributed by atoms with Gasteiger partial charge in [0.25, 0.3) is 5.91 Å². The van der Waals surface area contributed by atoms with E-state index in [1.807, 2.05) is 37.1 Å². The van der Waals surface area contributed by atoms with Gasteiger partial charge < -0.3 is 73.4 Å². The molecule has 2 saturated heterocycles. The van der Waals surface area contributed by atoms with Gasteiger partial charge >= 0.3 is 6.01 Å². The molecule has 3 atom stereocenters. The molecule has 10 rings (SSSR count). The Balaban J connectivity index is 0.577. The largest absolute Gasteiger partial charge is 0.495 e. The van der Waals surface area contributed by atoms with E-state index in [1.165, 1.54) is 0 Å². The fourth-order valence-corrected chi connectivity index (χ4v) is 13.3. The predicted octanol–water partition coefficient (Wildman–Crippen LogP) is 7.67. The molecule has 6 heterocycles. The Morgan fingerprint density at radius 1 is 0.846 bits per heavy atom. The van der Waals surface area contributed by atoms with E-state index in [4.69, 9.17) is 55.0 Å². The molecule has 4 aliphatic heterocycles. The van der Waals surface area contributed by atoms with Crippen LogP contribution in [0.3, 0.4) is 0 Å². The van der Waals surface area contributed by atoms with Gasteiger partial charge in [0.1, 0.15) is 29.9 Å². The first-order valence-electron chi connectivity index (χ1n) is 32.3. The quantitative estimate of drug-likeness (QED) is 0.0320. The van der Waals surface area contributed by atoms with Gasteiger partial charge in [0.15, 0.2) is 5.82 Å². The van der Waals surface area contributed by atoms with Crippen LogP contribution in [0.1, 0.15) is 86.3 Å². The number of methoxy groups -OCH3 is 1. The van der Waals surface area contributed by atoms with Gasteiger partial charge in [-0.05, 0) is 101 Å². The molecule has 91 heavy (non-hydrogen) atoms. The van der Waals surface area contributed by atoms with Gasteiger partial charge in [-0.2, -0.15) is 20.2 Å². The molecule has 3 fully saturated rings. The van der Waals surface area contributed by atoms with Crippen molar-refractivity contribution in [3.63, 3.8) is 0 Å². The molecule has 3 aromatic carbocycles. The van der Waals surface area contributed by atoms with Crippen molar-refractivity contribution in [2.45, 2.75) is 102 Å². The number of nitrogens with zero attached hydrogens (tertiary/aromatic N) is 12. The SMILES string of the molecule is CC[C@@H]1C(=O)N(C)c2cnc(Nc3ccc(C(=O)NCCOCCOCCOCCOCCCN(C)C/C=C/C(=O)N4CCN(c5nc(OC[C@@H]6CCCN6C)nc6c5CCN(c5cccc7cccc(Cl)c57)C6)C[C@@H]4CC#N)cc3OC)nc2N1C1CCCC1. The Morgan fingerprint density at radius 2 is 1.60 bits per heavy atom. The van der Waals surface area contributed by atoms with Gasteiger partial charge in [-0.1, -0.05) is 61.7 Å². The Kier molecular flexibility index (Phi) is 23.9. The number of rotatable bonds is 31. The van der Waals surface area contributed by atoms with Gasteiger partial charge in [0.05, 0.1) is 101 Å². The monoisotopic (exact) mass is 1270 g/mol. The molecule has 5 aromatic rings. The van der Waals surface area contributed by atoms with E-state index in [2.05, 4.69) is 77.5 Å². The van der Waals surface area contributed by atoms with E-state index in [0.29, 0.717) is 151 Å². The zero-order chi connectivity index (χ0) is 63.6. The summed E-state index contributed by atoms with van der Waals surface area (Å²) in [6.07, 6.45) is 14.2. The number of piperazine rings is 1. The number of ether oxygens (including phenoxy) is 6. The average molecular weight is 1270 g/mol. The number of halogens is 1.